The lowest BCUT2D eigenvalue weighted by atomic mass is 9.97. The maximum absolute atomic E-state index is 11.8. The molecular formula is C13H23N3O3. The van der Waals surface area contributed by atoms with E-state index in [2.05, 4.69) is 16.0 Å². The van der Waals surface area contributed by atoms with Crippen LogP contribution in [0.15, 0.2) is 0 Å². The van der Waals surface area contributed by atoms with Crippen LogP contribution in [-0.4, -0.2) is 44.8 Å². The highest BCUT2D eigenvalue weighted by molar-refractivity contribution is 5.95. The van der Waals surface area contributed by atoms with Gasteiger partial charge in [-0.05, 0) is 44.7 Å². The van der Waals surface area contributed by atoms with Crippen molar-refractivity contribution in [2.45, 2.75) is 25.7 Å². The first-order valence-electron chi connectivity index (χ1n) is 7.13. The van der Waals surface area contributed by atoms with Crippen LogP contribution in [0.5, 0.6) is 0 Å². The predicted molar refractivity (Wildman–Crippen MR) is 70.7 cm³/mol. The second-order valence-corrected chi connectivity index (χ2v) is 5.28. The van der Waals surface area contributed by atoms with Crippen LogP contribution < -0.4 is 16.0 Å². The summed E-state index contributed by atoms with van der Waals surface area (Å²) in [6, 6.07) is -0.366. The number of urea groups is 1. The number of hydrogen-bond acceptors (Lipinski definition) is 4. The molecule has 108 valence electrons. The summed E-state index contributed by atoms with van der Waals surface area (Å²) in [5, 5.41) is 8.42. The molecule has 0 atom stereocenters. The standard InChI is InChI=1S/C13H23N3O3/c17-12(11-1-5-14-6-2-11)16-13(18)15-9-10-3-7-19-8-4-10/h10-11,14H,1-9H2,(H2,15,16,17,18). The van der Waals surface area contributed by atoms with Crippen LogP contribution in [0.1, 0.15) is 25.7 Å². The predicted octanol–water partition coefficient (Wildman–Crippen LogP) is 0.238. The first kappa shape index (κ1) is 14.3. The summed E-state index contributed by atoms with van der Waals surface area (Å²) >= 11 is 0. The quantitative estimate of drug-likeness (QED) is 0.685. The summed E-state index contributed by atoms with van der Waals surface area (Å²) in [6.07, 6.45) is 3.56. The van der Waals surface area contributed by atoms with Crippen molar-refractivity contribution in [2.75, 3.05) is 32.8 Å². The molecule has 0 saturated carbocycles. The Balaban J connectivity index is 1.64. The maximum Gasteiger partial charge on any atom is 0.321 e. The van der Waals surface area contributed by atoms with Gasteiger partial charge in [-0.2, -0.15) is 0 Å². The van der Waals surface area contributed by atoms with Crippen molar-refractivity contribution in [1.82, 2.24) is 16.0 Å². The Morgan fingerprint density at radius 3 is 2.47 bits per heavy atom. The number of rotatable bonds is 3. The lowest BCUT2D eigenvalue weighted by molar-refractivity contribution is -0.124. The topological polar surface area (TPSA) is 79.5 Å². The van der Waals surface area contributed by atoms with Gasteiger partial charge in [-0.3, -0.25) is 10.1 Å². The van der Waals surface area contributed by atoms with Gasteiger partial charge >= 0.3 is 6.03 Å². The number of nitrogens with one attached hydrogen (secondary N) is 3. The monoisotopic (exact) mass is 269 g/mol. The van der Waals surface area contributed by atoms with E-state index < -0.39 is 0 Å². The van der Waals surface area contributed by atoms with E-state index >= 15 is 0 Å². The van der Waals surface area contributed by atoms with Crippen LogP contribution in [0.25, 0.3) is 0 Å². The van der Waals surface area contributed by atoms with Gasteiger partial charge in [-0.25, -0.2) is 4.79 Å². The molecule has 19 heavy (non-hydrogen) atoms. The molecule has 2 rings (SSSR count). The molecule has 0 aliphatic carbocycles. The number of hydrogen-bond donors (Lipinski definition) is 3. The first-order chi connectivity index (χ1) is 9.25. The minimum Gasteiger partial charge on any atom is -0.381 e. The van der Waals surface area contributed by atoms with Gasteiger partial charge in [0.25, 0.3) is 0 Å². The van der Waals surface area contributed by atoms with Gasteiger partial charge in [0.15, 0.2) is 0 Å². The lowest BCUT2D eigenvalue weighted by Crippen LogP contribution is -2.46. The third-order valence-electron chi connectivity index (χ3n) is 3.84. The van der Waals surface area contributed by atoms with Crippen LogP contribution >= 0.6 is 0 Å². The fourth-order valence-electron chi connectivity index (χ4n) is 2.53. The van der Waals surface area contributed by atoms with E-state index in [-0.39, 0.29) is 17.9 Å². The smallest absolute Gasteiger partial charge is 0.321 e. The fraction of sp³-hybridized carbons (Fsp3) is 0.846. The Morgan fingerprint density at radius 2 is 1.79 bits per heavy atom. The zero-order valence-corrected chi connectivity index (χ0v) is 11.2. The van der Waals surface area contributed by atoms with E-state index in [1.54, 1.807) is 0 Å². The van der Waals surface area contributed by atoms with Crippen molar-refractivity contribution in [3.63, 3.8) is 0 Å². The van der Waals surface area contributed by atoms with E-state index in [0.717, 1.165) is 52.0 Å². The Morgan fingerprint density at radius 1 is 1.11 bits per heavy atom. The van der Waals surface area contributed by atoms with Crippen molar-refractivity contribution in [3.05, 3.63) is 0 Å². The van der Waals surface area contributed by atoms with Crippen LogP contribution in [0.2, 0.25) is 0 Å². The molecule has 0 aromatic rings. The van der Waals surface area contributed by atoms with Gasteiger partial charge in [0, 0.05) is 25.7 Å². The second kappa shape index (κ2) is 7.45. The Hall–Kier alpha value is -1.14. The molecule has 2 aliphatic heterocycles. The first-order valence-corrected chi connectivity index (χ1v) is 7.13. The highest BCUT2D eigenvalue weighted by Crippen LogP contribution is 2.13. The zero-order chi connectivity index (χ0) is 13.5. The molecule has 3 N–H and O–H groups in total. The number of ether oxygens (including phenoxy) is 1. The average molecular weight is 269 g/mol. The summed E-state index contributed by atoms with van der Waals surface area (Å²) < 4.78 is 5.26. The SMILES string of the molecule is O=C(NCC1CCOCC1)NC(=O)C1CCNCC1. The summed E-state index contributed by atoms with van der Waals surface area (Å²) in [7, 11) is 0. The van der Waals surface area contributed by atoms with Crippen molar-refractivity contribution >= 4 is 11.9 Å². The Kier molecular flexibility index (Phi) is 5.60. The number of imide groups is 1. The van der Waals surface area contributed by atoms with E-state index in [1.807, 2.05) is 0 Å². The Labute approximate surface area is 113 Å². The van der Waals surface area contributed by atoms with Gasteiger partial charge in [-0.15, -0.1) is 0 Å². The average Bonchev–Trinajstić information content (AvgIpc) is 2.47. The summed E-state index contributed by atoms with van der Waals surface area (Å²) in [5.41, 5.74) is 0. The molecule has 0 radical (unpaired) electrons. The molecule has 6 heteroatoms. The fourth-order valence-corrected chi connectivity index (χ4v) is 2.53. The van der Waals surface area contributed by atoms with Gasteiger partial charge < -0.3 is 15.4 Å². The van der Waals surface area contributed by atoms with Gasteiger partial charge in [0.05, 0.1) is 0 Å². The molecule has 2 heterocycles. The van der Waals surface area contributed by atoms with Crippen LogP contribution in [-0.2, 0) is 9.53 Å². The molecule has 2 saturated heterocycles. The third kappa shape index (κ3) is 4.80. The lowest BCUT2D eigenvalue weighted by Gasteiger charge is -2.23. The molecule has 0 spiro atoms. The highest BCUT2D eigenvalue weighted by Gasteiger charge is 2.22. The van der Waals surface area contributed by atoms with E-state index in [9.17, 15) is 9.59 Å². The van der Waals surface area contributed by atoms with Gasteiger partial charge in [0.2, 0.25) is 5.91 Å². The minimum atomic E-state index is -0.366. The number of carbonyl (C=O) groups is 2. The highest BCUT2D eigenvalue weighted by atomic mass is 16.5. The molecule has 2 aliphatic rings. The van der Waals surface area contributed by atoms with E-state index in [1.165, 1.54) is 0 Å². The maximum atomic E-state index is 11.8. The minimum absolute atomic E-state index is 0.0323. The van der Waals surface area contributed by atoms with Gasteiger partial charge in [-0.1, -0.05) is 0 Å². The van der Waals surface area contributed by atoms with Crippen molar-refractivity contribution in [3.8, 4) is 0 Å². The number of piperidine rings is 1. The van der Waals surface area contributed by atoms with Crippen LogP contribution in [0, 0.1) is 11.8 Å². The Bertz CT molecular complexity index is 310. The number of amides is 3. The summed E-state index contributed by atoms with van der Waals surface area (Å²) in [4.78, 5) is 23.5. The van der Waals surface area contributed by atoms with Crippen LogP contribution in [0.3, 0.4) is 0 Å². The normalized spacial score (nSPS) is 21.9. The number of carbonyl (C=O) groups excluding carboxylic acids is 2. The van der Waals surface area contributed by atoms with E-state index in [0.29, 0.717) is 12.5 Å². The second-order valence-electron chi connectivity index (χ2n) is 5.28. The largest absolute Gasteiger partial charge is 0.381 e. The van der Waals surface area contributed by atoms with Crippen LogP contribution in [0.4, 0.5) is 4.79 Å². The molecule has 0 aromatic carbocycles. The van der Waals surface area contributed by atoms with Gasteiger partial charge in [0.1, 0.15) is 0 Å². The third-order valence-corrected chi connectivity index (χ3v) is 3.84. The summed E-state index contributed by atoms with van der Waals surface area (Å²) in [5.74, 6) is 0.287. The van der Waals surface area contributed by atoms with Crippen molar-refractivity contribution in [2.24, 2.45) is 11.8 Å². The molecule has 0 unspecified atom stereocenters. The van der Waals surface area contributed by atoms with Crippen molar-refractivity contribution < 1.29 is 14.3 Å². The molecule has 2 fully saturated rings. The zero-order valence-electron chi connectivity index (χ0n) is 11.2. The molecule has 0 aromatic heterocycles. The molecule has 6 nitrogen and oxygen atoms in total. The molecule has 0 bridgehead atoms. The van der Waals surface area contributed by atoms with E-state index in [4.69, 9.17) is 4.74 Å². The summed E-state index contributed by atoms with van der Waals surface area (Å²) in [6.45, 7) is 3.85. The molecular weight excluding hydrogens is 246 g/mol. The molecule has 3 amide bonds. The van der Waals surface area contributed by atoms with Crippen molar-refractivity contribution in [1.29, 1.82) is 0 Å².